The van der Waals surface area contributed by atoms with Gasteiger partial charge in [0.25, 0.3) is 10.1 Å². The molecule has 0 radical (unpaired) electrons. The van der Waals surface area contributed by atoms with Gasteiger partial charge in [0.2, 0.25) is 5.91 Å². The van der Waals surface area contributed by atoms with E-state index in [0.29, 0.717) is 12.8 Å². The number of hydrogen-bond acceptors (Lipinski definition) is 4. The molecule has 100 valence electrons. The van der Waals surface area contributed by atoms with E-state index in [1.165, 1.54) is 6.08 Å². The molecular weight excluding hydrogens is 242 g/mol. The van der Waals surface area contributed by atoms with E-state index in [1.807, 2.05) is 0 Å². The van der Waals surface area contributed by atoms with Gasteiger partial charge >= 0.3 is 0 Å². The summed E-state index contributed by atoms with van der Waals surface area (Å²) in [6.07, 6.45) is 2.12. The molecule has 6 heteroatoms. The van der Waals surface area contributed by atoms with E-state index in [0.717, 1.165) is 0 Å². The molecule has 0 aromatic rings. The monoisotopic (exact) mass is 263 g/mol. The third-order valence-electron chi connectivity index (χ3n) is 2.09. The number of amides is 1. The molecule has 0 aromatic heterocycles. The molecular formula is C11H21NO4S. The van der Waals surface area contributed by atoms with Crippen LogP contribution in [0.1, 0.15) is 33.6 Å². The zero-order valence-corrected chi connectivity index (χ0v) is 11.5. The first-order valence-corrected chi connectivity index (χ1v) is 7.12. The van der Waals surface area contributed by atoms with Crippen LogP contribution in [0.2, 0.25) is 0 Å². The lowest BCUT2D eigenvalue weighted by Gasteiger charge is -2.25. The van der Waals surface area contributed by atoms with Gasteiger partial charge in [0.1, 0.15) is 0 Å². The Kier molecular flexibility index (Phi) is 6.41. The summed E-state index contributed by atoms with van der Waals surface area (Å²) in [6.45, 7) is 8.78. The molecule has 0 aliphatic carbocycles. The first kappa shape index (κ1) is 16.1. The first-order valence-electron chi connectivity index (χ1n) is 5.54. The van der Waals surface area contributed by atoms with Crippen molar-refractivity contribution in [2.24, 2.45) is 0 Å². The molecule has 0 unspecified atom stereocenters. The number of nitrogens with one attached hydrogen (secondary N) is 1. The van der Waals surface area contributed by atoms with Gasteiger partial charge < -0.3 is 5.32 Å². The van der Waals surface area contributed by atoms with Crippen molar-refractivity contribution in [3.05, 3.63) is 12.7 Å². The standard InChI is InChI=1S/C11H21NO4S/c1-5-9-17(14,15)16-8-7-11(3,4)12-10(13)6-2/h6H,2,5,7-9H2,1,3-4H3,(H,12,13). The van der Waals surface area contributed by atoms with Gasteiger partial charge in [-0.25, -0.2) is 0 Å². The summed E-state index contributed by atoms with van der Waals surface area (Å²) in [5, 5.41) is 2.69. The molecule has 0 bridgehead atoms. The normalized spacial score (nSPS) is 12.2. The fourth-order valence-electron chi connectivity index (χ4n) is 1.18. The molecule has 0 spiro atoms. The van der Waals surface area contributed by atoms with E-state index >= 15 is 0 Å². The fourth-order valence-corrected chi connectivity index (χ4v) is 2.13. The van der Waals surface area contributed by atoms with Crippen LogP contribution in [0.15, 0.2) is 12.7 Å². The maximum absolute atomic E-state index is 11.3. The predicted octanol–water partition coefficient (Wildman–Crippen LogP) is 1.21. The van der Waals surface area contributed by atoms with Crippen LogP contribution in [0, 0.1) is 0 Å². The van der Waals surface area contributed by atoms with Crippen molar-refractivity contribution in [2.75, 3.05) is 12.4 Å². The second-order valence-corrected chi connectivity index (χ2v) is 6.17. The summed E-state index contributed by atoms with van der Waals surface area (Å²) in [7, 11) is -3.42. The van der Waals surface area contributed by atoms with Gasteiger partial charge in [-0.05, 0) is 32.8 Å². The average Bonchev–Trinajstić information content (AvgIpc) is 2.15. The average molecular weight is 263 g/mol. The molecule has 5 nitrogen and oxygen atoms in total. The summed E-state index contributed by atoms with van der Waals surface area (Å²) >= 11 is 0. The summed E-state index contributed by atoms with van der Waals surface area (Å²) in [6, 6.07) is 0. The zero-order chi connectivity index (χ0) is 13.5. The highest BCUT2D eigenvalue weighted by Gasteiger charge is 2.20. The zero-order valence-electron chi connectivity index (χ0n) is 10.7. The highest BCUT2D eigenvalue weighted by atomic mass is 32.2. The number of carbonyl (C=O) groups excluding carboxylic acids is 1. The van der Waals surface area contributed by atoms with E-state index in [1.54, 1.807) is 20.8 Å². The Balaban J connectivity index is 4.11. The predicted molar refractivity (Wildman–Crippen MR) is 67.1 cm³/mol. The summed E-state index contributed by atoms with van der Waals surface area (Å²) in [5.74, 6) is -0.265. The maximum Gasteiger partial charge on any atom is 0.267 e. The molecule has 1 N–H and O–H groups in total. The smallest absolute Gasteiger partial charge is 0.267 e. The van der Waals surface area contributed by atoms with Gasteiger partial charge in [-0.15, -0.1) is 0 Å². The van der Waals surface area contributed by atoms with Crippen molar-refractivity contribution in [3.63, 3.8) is 0 Å². The lowest BCUT2D eigenvalue weighted by molar-refractivity contribution is -0.118. The highest BCUT2D eigenvalue weighted by molar-refractivity contribution is 7.86. The van der Waals surface area contributed by atoms with Gasteiger partial charge in [-0.1, -0.05) is 13.5 Å². The molecule has 1 amide bonds. The Bertz CT molecular complexity index is 360. The van der Waals surface area contributed by atoms with Crippen LogP contribution in [-0.2, 0) is 19.1 Å². The fraction of sp³-hybridized carbons (Fsp3) is 0.727. The number of hydrogen-bond donors (Lipinski definition) is 1. The second kappa shape index (κ2) is 6.76. The van der Waals surface area contributed by atoms with Gasteiger partial charge in [-0.3, -0.25) is 8.98 Å². The van der Waals surface area contributed by atoms with Crippen LogP contribution in [0.25, 0.3) is 0 Å². The minimum atomic E-state index is -3.42. The molecule has 0 heterocycles. The SMILES string of the molecule is C=CC(=O)NC(C)(C)CCOS(=O)(=O)CCC. The highest BCUT2D eigenvalue weighted by Crippen LogP contribution is 2.09. The lowest BCUT2D eigenvalue weighted by Crippen LogP contribution is -2.43. The van der Waals surface area contributed by atoms with Gasteiger partial charge in [0.05, 0.1) is 12.4 Å². The van der Waals surface area contributed by atoms with Crippen molar-refractivity contribution < 1.29 is 17.4 Å². The van der Waals surface area contributed by atoms with E-state index in [4.69, 9.17) is 4.18 Å². The quantitative estimate of drug-likeness (QED) is 0.528. The largest absolute Gasteiger partial charge is 0.348 e. The minimum absolute atomic E-state index is 0.0203. The van der Waals surface area contributed by atoms with Crippen molar-refractivity contribution in [1.29, 1.82) is 0 Å². The minimum Gasteiger partial charge on any atom is -0.348 e. The van der Waals surface area contributed by atoms with Crippen molar-refractivity contribution >= 4 is 16.0 Å². The third kappa shape index (κ3) is 7.93. The van der Waals surface area contributed by atoms with Crippen molar-refractivity contribution in [3.8, 4) is 0 Å². The van der Waals surface area contributed by atoms with Gasteiger partial charge in [0.15, 0.2) is 0 Å². The van der Waals surface area contributed by atoms with Crippen LogP contribution >= 0.6 is 0 Å². The van der Waals surface area contributed by atoms with Gasteiger partial charge in [-0.2, -0.15) is 8.42 Å². The molecule has 0 aliphatic heterocycles. The number of carbonyl (C=O) groups is 1. The van der Waals surface area contributed by atoms with E-state index in [-0.39, 0.29) is 18.3 Å². The van der Waals surface area contributed by atoms with Crippen molar-refractivity contribution in [2.45, 2.75) is 39.2 Å². The molecule has 0 atom stereocenters. The van der Waals surface area contributed by atoms with Crippen molar-refractivity contribution in [1.82, 2.24) is 5.32 Å². The molecule has 0 fully saturated rings. The Hall–Kier alpha value is -0.880. The Morgan fingerprint density at radius 2 is 2.06 bits per heavy atom. The van der Waals surface area contributed by atoms with E-state index in [9.17, 15) is 13.2 Å². The third-order valence-corrected chi connectivity index (χ3v) is 3.53. The Labute approximate surface area is 103 Å². The molecule has 0 rings (SSSR count). The Morgan fingerprint density at radius 1 is 1.47 bits per heavy atom. The summed E-state index contributed by atoms with van der Waals surface area (Å²) in [4.78, 5) is 11.1. The van der Waals surface area contributed by atoms with Crippen LogP contribution < -0.4 is 5.32 Å². The molecule has 0 saturated carbocycles. The molecule has 0 aliphatic rings. The summed E-state index contributed by atoms with van der Waals surface area (Å²) in [5.41, 5.74) is -0.521. The molecule has 0 aromatic carbocycles. The van der Waals surface area contributed by atoms with Crippen LogP contribution in [0.3, 0.4) is 0 Å². The van der Waals surface area contributed by atoms with Gasteiger partial charge in [0, 0.05) is 5.54 Å². The lowest BCUT2D eigenvalue weighted by atomic mass is 10.0. The van der Waals surface area contributed by atoms with Crippen LogP contribution in [0.4, 0.5) is 0 Å². The number of rotatable bonds is 8. The molecule has 0 saturated heterocycles. The van der Waals surface area contributed by atoms with E-state index in [2.05, 4.69) is 11.9 Å². The second-order valence-electron chi connectivity index (χ2n) is 4.41. The van der Waals surface area contributed by atoms with E-state index < -0.39 is 15.7 Å². The first-order chi connectivity index (χ1) is 7.72. The van der Waals surface area contributed by atoms with Crippen LogP contribution in [0.5, 0.6) is 0 Å². The summed E-state index contributed by atoms with van der Waals surface area (Å²) < 4.78 is 27.4. The Morgan fingerprint density at radius 3 is 2.53 bits per heavy atom. The molecule has 17 heavy (non-hydrogen) atoms. The van der Waals surface area contributed by atoms with Crippen LogP contribution in [-0.4, -0.2) is 32.2 Å². The maximum atomic E-state index is 11.3. The topological polar surface area (TPSA) is 72.5 Å².